The van der Waals surface area contributed by atoms with E-state index in [-0.39, 0.29) is 0 Å². The molecule has 1 unspecified atom stereocenters. The van der Waals surface area contributed by atoms with Crippen LogP contribution in [-0.4, -0.2) is 37.1 Å². The van der Waals surface area contributed by atoms with E-state index in [4.69, 9.17) is 0 Å². The van der Waals surface area contributed by atoms with Crippen molar-refractivity contribution in [1.82, 2.24) is 10.2 Å². The lowest BCUT2D eigenvalue weighted by Crippen LogP contribution is -2.48. The summed E-state index contributed by atoms with van der Waals surface area (Å²) in [5.74, 6) is 0.966. The Labute approximate surface area is 81.7 Å². The zero-order valence-electron chi connectivity index (χ0n) is 8.76. The summed E-state index contributed by atoms with van der Waals surface area (Å²) in [5.41, 5.74) is 0. The van der Waals surface area contributed by atoms with E-state index < -0.39 is 0 Å². The van der Waals surface area contributed by atoms with Gasteiger partial charge in [0.05, 0.1) is 0 Å². The van der Waals surface area contributed by atoms with Gasteiger partial charge in [-0.25, -0.2) is 0 Å². The van der Waals surface area contributed by atoms with Gasteiger partial charge in [-0.1, -0.05) is 6.92 Å². The molecule has 0 radical (unpaired) electrons. The van der Waals surface area contributed by atoms with Crippen molar-refractivity contribution in [3.63, 3.8) is 0 Å². The van der Waals surface area contributed by atoms with Crippen LogP contribution >= 0.6 is 0 Å². The molecule has 2 heterocycles. The molecule has 0 aliphatic carbocycles. The predicted molar refractivity (Wildman–Crippen MR) is 55.9 cm³/mol. The molecule has 0 saturated carbocycles. The van der Waals surface area contributed by atoms with E-state index in [1.54, 1.807) is 0 Å². The van der Waals surface area contributed by atoms with Crippen LogP contribution in [0.3, 0.4) is 0 Å². The minimum atomic E-state index is 0.848. The van der Waals surface area contributed by atoms with Crippen LogP contribution in [0.1, 0.15) is 32.6 Å². The van der Waals surface area contributed by atoms with Crippen LogP contribution < -0.4 is 5.32 Å². The average Bonchev–Trinajstić information content (AvgIpc) is 2.20. The first-order chi connectivity index (χ1) is 6.36. The summed E-state index contributed by atoms with van der Waals surface area (Å²) in [6.07, 6.45) is 5.62. The van der Waals surface area contributed by atoms with E-state index in [1.165, 1.54) is 51.9 Å². The maximum absolute atomic E-state index is 3.50. The third-order valence-corrected chi connectivity index (χ3v) is 3.61. The van der Waals surface area contributed by atoms with Gasteiger partial charge in [-0.3, -0.25) is 4.90 Å². The maximum Gasteiger partial charge on any atom is 0.0221 e. The van der Waals surface area contributed by atoms with Crippen LogP contribution in [0.5, 0.6) is 0 Å². The van der Waals surface area contributed by atoms with E-state index in [0.29, 0.717) is 0 Å². The molecule has 0 bridgehead atoms. The Kier molecular flexibility index (Phi) is 3.23. The first kappa shape index (κ1) is 9.47. The zero-order valence-corrected chi connectivity index (χ0v) is 8.76. The largest absolute Gasteiger partial charge is 0.315 e. The van der Waals surface area contributed by atoms with Gasteiger partial charge in [0.15, 0.2) is 0 Å². The standard InChI is InChI=1S/C11H22N2/c1-10-4-7-13(8-5-10)11-3-2-6-12-9-11/h10-12H,2-9H2,1H3. The van der Waals surface area contributed by atoms with E-state index in [0.717, 1.165) is 12.0 Å². The molecule has 2 aliphatic heterocycles. The summed E-state index contributed by atoms with van der Waals surface area (Å²) in [5, 5.41) is 3.50. The second kappa shape index (κ2) is 4.43. The number of rotatable bonds is 1. The topological polar surface area (TPSA) is 15.3 Å². The first-order valence-electron chi connectivity index (χ1n) is 5.81. The minimum absolute atomic E-state index is 0.848. The fraction of sp³-hybridized carbons (Fsp3) is 1.00. The first-order valence-corrected chi connectivity index (χ1v) is 5.81. The number of nitrogens with one attached hydrogen (secondary N) is 1. The molecule has 0 aromatic rings. The normalized spacial score (nSPS) is 33.5. The van der Waals surface area contributed by atoms with Gasteiger partial charge in [-0.15, -0.1) is 0 Å². The molecule has 2 aliphatic rings. The quantitative estimate of drug-likeness (QED) is 0.660. The van der Waals surface area contributed by atoms with Crippen LogP contribution in [0.25, 0.3) is 0 Å². The van der Waals surface area contributed by atoms with E-state index in [9.17, 15) is 0 Å². The van der Waals surface area contributed by atoms with Crippen LogP contribution in [0.4, 0.5) is 0 Å². The van der Waals surface area contributed by atoms with Crippen molar-refractivity contribution in [1.29, 1.82) is 0 Å². The zero-order chi connectivity index (χ0) is 9.10. The summed E-state index contributed by atoms with van der Waals surface area (Å²) < 4.78 is 0. The average molecular weight is 182 g/mol. The molecule has 2 heteroatoms. The summed E-state index contributed by atoms with van der Waals surface area (Å²) in [6.45, 7) is 7.53. The molecule has 0 aromatic heterocycles. The molecule has 0 amide bonds. The number of hydrogen-bond acceptors (Lipinski definition) is 2. The SMILES string of the molecule is CC1CCN(C2CCCNC2)CC1. The van der Waals surface area contributed by atoms with Crippen molar-refractivity contribution in [3.05, 3.63) is 0 Å². The number of nitrogens with zero attached hydrogens (tertiary/aromatic N) is 1. The molecule has 1 N–H and O–H groups in total. The number of piperidine rings is 2. The van der Waals surface area contributed by atoms with Crippen molar-refractivity contribution in [2.24, 2.45) is 5.92 Å². The summed E-state index contributed by atoms with van der Waals surface area (Å²) in [6, 6.07) is 0.848. The van der Waals surface area contributed by atoms with Crippen molar-refractivity contribution >= 4 is 0 Å². The Bertz CT molecular complexity index is 144. The lowest BCUT2D eigenvalue weighted by molar-refractivity contribution is 0.118. The Morgan fingerprint density at radius 1 is 1.15 bits per heavy atom. The minimum Gasteiger partial charge on any atom is -0.315 e. The third kappa shape index (κ3) is 2.44. The molecule has 13 heavy (non-hydrogen) atoms. The summed E-state index contributed by atoms with van der Waals surface area (Å²) in [7, 11) is 0. The third-order valence-electron chi connectivity index (χ3n) is 3.61. The Morgan fingerprint density at radius 2 is 1.92 bits per heavy atom. The second-order valence-corrected chi connectivity index (χ2v) is 4.72. The maximum atomic E-state index is 3.50. The van der Waals surface area contributed by atoms with Gasteiger partial charge in [-0.05, 0) is 51.2 Å². The van der Waals surface area contributed by atoms with Gasteiger partial charge in [0, 0.05) is 12.6 Å². The fourth-order valence-electron chi connectivity index (χ4n) is 2.54. The molecule has 2 rings (SSSR count). The highest BCUT2D eigenvalue weighted by atomic mass is 15.2. The van der Waals surface area contributed by atoms with E-state index in [1.807, 2.05) is 0 Å². The molecule has 2 saturated heterocycles. The Balaban J connectivity index is 1.79. The Morgan fingerprint density at radius 3 is 2.54 bits per heavy atom. The van der Waals surface area contributed by atoms with Gasteiger partial charge in [-0.2, -0.15) is 0 Å². The van der Waals surface area contributed by atoms with Gasteiger partial charge < -0.3 is 5.32 Å². The molecule has 76 valence electrons. The number of hydrogen-bond donors (Lipinski definition) is 1. The monoisotopic (exact) mass is 182 g/mol. The molecular formula is C11H22N2. The Hall–Kier alpha value is -0.0800. The van der Waals surface area contributed by atoms with Gasteiger partial charge in [0.1, 0.15) is 0 Å². The highest BCUT2D eigenvalue weighted by Crippen LogP contribution is 2.20. The second-order valence-electron chi connectivity index (χ2n) is 4.72. The van der Waals surface area contributed by atoms with Crippen LogP contribution in [0.15, 0.2) is 0 Å². The van der Waals surface area contributed by atoms with E-state index >= 15 is 0 Å². The van der Waals surface area contributed by atoms with Crippen LogP contribution in [0.2, 0.25) is 0 Å². The molecule has 2 nitrogen and oxygen atoms in total. The highest BCUT2D eigenvalue weighted by Gasteiger charge is 2.24. The van der Waals surface area contributed by atoms with Crippen molar-refractivity contribution in [2.75, 3.05) is 26.2 Å². The summed E-state index contributed by atoms with van der Waals surface area (Å²) in [4.78, 5) is 2.70. The molecule has 1 atom stereocenters. The van der Waals surface area contributed by atoms with Gasteiger partial charge in [0.2, 0.25) is 0 Å². The lowest BCUT2D eigenvalue weighted by atomic mass is 9.96. The van der Waals surface area contributed by atoms with Gasteiger partial charge in [0.25, 0.3) is 0 Å². The van der Waals surface area contributed by atoms with Gasteiger partial charge >= 0.3 is 0 Å². The number of likely N-dealkylation sites (tertiary alicyclic amines) is 1. The van der Waals surface area contributed by atoms with Crippen molar-refractivity contribution in [2.45, 2.75) is 38.6 Å². The summed E-state index contributed by atoms with van der Waals surface area (Å²) >= 11 is 0. The molecular weight excluding hydrogens is 160 g/mol. The van der Waals surface area contributed by atoms with E-state index in [2.05, 4.69) is 17.1 Å². The van der Waals surface area contributed by atoms with Crippen molar-refractivity contribution < 1.29 is 0 Å². The predicted octanol–water partition coefficient (Wildman–Crippen LogP) is 1.47. The fourth-order valence-corrected chi connectivity index (χ4v) is 2.54. The smallest absolute Gasteiger partial charge is 0.0221 e. The lowest BCUT2D eigenvalue weighted by Gasteiger charge is -2.38. The van der Waals surface area contributed by atoms with Crippen LogP contribution in [-0.2, 0) is 0 Å². The van der Waals surface area contributed by atoms with Crippen molar-refractivity contribution in [3.8, 4) is 0 Å². The molecule has 0 spiro atoms. The van der Waals surface area contributed by atoms with Crippen LogP contribution in [0, 0.1) is 5.92 Å². The molecule has 2 fully saturated rings. The highest BCUT2D eigenvalue weighted by molar-refractivity contribution is 4.81. The molecule has 0 aromatic carbocycles.